The van der Waals surface area contributed by atoms with Crippen LogP contribution < -0.4 is 0 Å². The van der Waals surface area contributed by atoms with Crippen LogP contribution in [0.15, 0.2) is 134 Å². The molecule has 0 aliphatic carbocycles. The van der Waals surface area contributed by atoms with Crippen molar-refractivity contribution in [3.05, 3.63) is 134 Å². The van der Waals surface area contributed by atoms with E-state index in [2.05, 4.69) is 131 Å². The summed E-state index contributed by atoms with van der Waals surface area (Å²) in [6.07, 6.45) is 1.88. The predicted molar refractivity (Wildman–Crippen MR) is 162 cm³/mol. The molecule has 178 valence electrons. The summed E-state index contributed by atoms with van der Waals surface area (Å²) >= 11 is 1.78. The van der Waals surface area contributed by atoms with Crippen molar-refractivity contribution < 1.29 is 0 Å². The molecule has 0 aliphatic rings. The van der Waals surface area contributed by atoms with Crippen LogP contribution in [0.4, 0.5) is 0 Å². The van der Waals surface area contributed by atoms with Gasteiger partial charge in [0.2, 0.25) is 0 Å². The van der Waals surface area contributed by atoms with Crippen LogP contribution in [-0.4, -0.2) is 9.55 Å². The summed E-state index contributed by atoms with van der Waals surface area (Å²) in [7, 11) is 0. The molecule has 0 N–H and O–H groups in total. The van der Waals surface area contributed by atoms with Crippen molar-refractivity contribution in [3.8, 4) is 27.9 Å². The van der Waals surface area contributed by atoms with Gasteiger partial charge in [0.15, 0.2) is 0 Å². The fraction of sp³-hybridized carbons (Fsp3) is 0. The van der Waals surface area contributed by atoms with Gasteiger partial charge in [-0.25, -0.2) is 4.98 Å². The minimum absolute atomic E-state index is 1.08. The van der Waals surface area contributed by atoms with E-state index in [0.717, 1.165) is 4.83 Å². The van der Waals surface area contributed by atoms with Gasteiger partial charge in [-0.05, 0) is 41.5 Å². The number of rotatable bonds is 3. The molecular weight excluding hydrogens is 480 g/mol. The van der Waals surface area contributed by atoms with E-state index in [0.29, 0.717) is 0 Å². The van der Waals surface area contributed by atoms with Gasteiger partial charge < -0.3 is 4.57 Å². The lowest BCUT2D eigenvalue weighted by atomic mass is 9.92. The van der Waals surface area contributed by atoms with Crippen LogP contribution in [0.1, 0.15) is 0 Å². The third-order valence-electron chi connectivity index (χ3n) is 7.51. The second-order valence-electron chi connectivity index (χ2n) is 9.57. The lowest BCUT2D eigenvalue weighted by Crippen LogP contribution is -1.98. The van der Waals surface area contributed by atoms with Gasteiger partial charge in [0.25, 0.3) is 0 Å². The van der Waals surface area contributed by atoms with Crippen molar-refractivity contribution in [2.24, 2.45) is 0 Å². The van der Waals surface area contributed by atoms with Gasteiger partial charge in [0.05, 0.1) is 16.7 Å². The minimum atomic E-state index is 1.08. The molecule has 0 radical (unpaired) electrons. The summed E-state index contributed by atoms with van der Waals surface area (Å²) in [6, 6.07) is 45.8. The topological polar surface area (TPSA) is 17.8 Å². The van der Waals surface area contributed by atoms with Crippen LogP contribution >= 0.6 is 11.3 Å². The Labute approximate surface area is 224 Å². The fourth-order valence-corrected chi connectivity index (χ4v) is 7.05. The second-order valence-corrected chi connectivity index (χ2v) is 10.6. The maximum atomic E-state index is 4.65. The first-order valence-electron chi connectivity index (χ1n) is 12.8. The Kier molecular flexibility index (Phi) is 4.73. The average Bonchev–Trinajstić information content (AvgIpc) is 3.53. The van der Waals surface area contributed by atoms with Crippen LogP contribution in [0.5, 0.6) is 0 Å². The van der Waals surface area contributed by atoms with E-state index in [-0.39, 0.29) is 0 Å². The number of hydrogen-bond acceptors (Lipinski definition) is 2. The molecule has 3 heteroatoms. The zero-order valence-electron chi connectivity index (χ0n) is 20.5. The van der Waals surface area contributed by atoms with Crippen molar-refractivity contribution in [3.63, 3.8) is 0 Å². The smallest absolute Gasteiger partial charge is 0.124 e. The summed E-state index contributed by atoms with van der Waals surface area (Å²) in [5.41, 5.74) is 8.54. The summed E-state index contributed by atoms with van der Waals surface area (Å²) < 4.78 is 3.70. The Morgan fingerprint density at radius 3 is 1.76 bits per heavy atom. The van der Waals surface area contributed by atoms with Gasteiger partial charge in [-0.1, -0.05) is 97.1 Å². The summed E-state index contributed by atoms with van der Waals surface area (Å²) in [6.45, 7) is 0. The molecule has 8 aromatic rings. The predicted octanol–water partition coefficient (Wildman–Crippen LogP) is 9.88. The van der Waals surface area contributed by atoms with E-state index in [9.17, 15) is 0 Å². The quantitative estimate of drug-likeness (QED) is 0.235. The first kappa shape index (κ1) is 21.4. The molecule has 2 nitrogen and oxygen atoms in total. The Morgan fingerprint density at radius 2 is 1.00 bits per heavy atom. The van der Waals surface area contributed by atoms with E-state index < -0.39 is 0 Å². The molecule has 5 aromatic carbocycles. The highest BCUT2D eigenvalue weighted by Crippen LogP contribution is 2.44. The number of thiophene rings is 1. The third kappa shape index (κ3) is 3.09. The molecule has 0 bridgehead atoms. The lowest BCUT2D eigenvalue weighted by molar-refractivity contribution is 1.18. The van der Waals surface area contributed by atoms with E-state index in [1.54, 1.807) is 11.3 Å². The Bertz CT molecular complexity index is 2090. The van der Waals surface area contributed by atoms with Crippen LogP contribution in [-0.2, 0) is 0 Å². The molecule has 0 amide bonds. The van der Waals surface area contributed by atoms with E-state index in [4.69, 9.17) is 0 Å². The monoisotopic (exact) mass is 502 g/mol. The molecule has 0 unspecified atom stereocenters. The summed E-state index contributed by atoms with van der Waals surface area (Å²) in [5.74, 6) is 0. The molecule has 0 atom stereocenters. The van der Waals surface area contributed by atoms with Crippen LogP contribution in [0.25, 0.3) is 70.0 Å². The largest absolute Gasteiger partial charge is 0.309 e. The normalized spacial score (nSPS) is 11.7. The maximum Gasteiger partial charge on any atom is 0.124 e. The number of aromatic nitrogens is 2. The maximum absolute atomic E-state index is 4.65. The number of pyridine rings is 1. The highest BCUT2D eigenvalue weighted by molar-refractivity contribution is 7.26. The number of para-hydroxylation sites is 3. The molecule has 0 saturated heterocycles. The highest BCUT2D eigenvalue weighted by Gasteiger charge is 2.18. The van der Waals surface area contributed by atoms with E-state index in [1.165, 1.54) is 65.2 Å². The number of nitrogens with zero attached hydrogens (tertiary/aromatic N) is 2. The molecular formula is C35H22N2S. The number of benzene rings is 5. The molecule has 3 aromatic heterocycles. The zero-order valence-corrected chi connectivity index (χ0v) is 21.3. The standard InChI is InChI=1S/C35H22N2S/c1-2-12-24(28-16-9-17-29-30-18-10-22-36-35(30)38-34(28)29)23(11-1)25-13-3-6-19-31(25)37-32-20-7-4-14-26(32)27-15-5-8-21-33(27)37/h1-22H. The molecule has 38 heavy (non-hydrogen) atoms. The SMILES string of the molecule is c1ccc(-c2cccc3c2sc2ncccc23)c(-c2ccccc2-n2c3ccccc3c3ccccc32)c1. The van der Waals surface area contributed by atoms with Crippen LogP contribution in [0.3, 0.4) is 0 Å². The van der Waals surface area contributed by atoms with Gasteiger partial charge in [-0.3, -0.25) is 0 Å². The fourth-order valence-electron chi connectivity index (χ4n) is 5.88. The number of fused-ring (bicyclic) bond motifs is 6. The van der Waals surface area contributed by atoms with Crippen molar-refractivity contribution in [2.45, 2.75) is 0 Å². The first-order chi connectivity index (χ1) is 18.9. The van der Waals surface area contributed by atoms with Gasteiger partial charge in [-0.2, -0.15) is 0 Å². The van der Waals surface area contributed by atoms with E-state index >= 15 is 0 Å². The van der Waals surface area contributed by atoms with Crippen molar-refractivity contribution in [1.29, 1.82) is 0 Å². The van der Waals surface area contributed by atoms with Gasteiger partial charge in [0, 0.05) is 43.6 Å². The Morgan fingerprint density at radius 1 is 0.447 bits per heavy atom. The minimum Gasteiger partial charge on any atom is -0.309 e. The van der Waals surface area contributed by atoms with Crippen molar-refractivity contribution in [1.82, 2.24) is 9.55 Å². The Balaban J connectivity index is 1.43. The molecule has 0 saturated carbocycles. The van der Waals surface area contributed by atoms with Crippen LogP contribution in [0.2, 0.25) is 0 Å². The first-order valence-corrected chi connectivity index (χ1v) is 13.6. The summed E-state index contributed by atoms with van der Waals surface area (Å²) in [4.78, 5) is 5.74. The average molecular weight is 503 g/mol. The van der Waals surface area contributed by atoms with Crippen molar-refractivity contribution in [2.75, 3.05) is 0 Å². The molecule has 0 fully saturated rings. The van der Waals surface area contributed by atoms with E-state index in [1.807, 2.05) is 12.3 Å². The van der Waals surface area contributed by atoms with Gasteiger partial charge in [-0.15, -0.1) is 11.3 Å². The zero-order chi connectivity index (χ0) is 25.1. The highest BCUT2D eigenvalue weighted by atomic mass is 32.1. The molecule has 8 rings (SSSR count). The summed E-state index contributed by atoms with van der Waals surface area (Å²) in [5, 5.41) is 5.03. The molecule has 3 heterocycles. The molecule has 0 spiro atoms. The molecule has 0 aliphatic heterocycles. The third-order valence-corrected chi connectivity index (χ3v) is 8.67. The second kappa shape index (κ2) is 8.41. The Hall–Kier alpha value is -4.73. The lowest BCUT2D eigenvalue weighted by Gasteiger charge is -2.17. The van der Waals surface area contributed by atoms with Gasteiger partial charge in [0.1, 0.15) is 4.83 Å². The van der Waals surface area contributed by atoms with Crippen molar-refractivity contribution >= 4 is 53.4 Å². The van der Waals surface area contributed by atoms with Gasteiger partial charge >= 0.3 is 0 Å². The number of hydrogen-bond donors (Lipinski definition) is 0. The van der Waals surface area contributed by atoms with Crippen LogP contribution in [0, 0.1) is 0 Å².